The van der Waals surface area contributed by atoms with E-state index in [4.69, 9.17) is 4.74 Å². The molecule has 0 bridgehead atoms. The third-order valence-electron chi connectivity index (χ3n) is 3.22. The molecule has 1 amide bonds. The molecule has 0 fully saturated rings. The normalized spacial score (nSPS) is 10.4. The first kappa shape index (κ1) is 15.4. The fourth-order valence-electron chi connectivity index (χ4n) is 2.25. The standard InChI is InChI=1S/C17H13N3O4/c1-10(21)19-17-18-8-7-15(20-17)24-12-5-6-13-11(9-12)3-2-4-14(13)16(22)23/h2-9H,1H3,(H,22,23)(H,18,19,20,21). The van der Waals surface area contributed by atoms with Crippen LogP contribution in [-0.4, -0.2) is 27.0 Å². The molecule has 0 radical (unpaired) electrons. The number of carboxylic acid groups (broad SMARTS) is 1. The highest BCUT2D eigenvalue weighted by atomic mass is 16.5. The van der Waals surface area contributed by atoms with E-state index in [0.717, 1.165) is 5.39 Å². The van der Waals surface area contributed by atoms with Gasteiger partial charge in [0.05, 0.1) is 5.56 Å². The minimum atomic E-state index is -0.981. The lowest BCUT2D eigenvalue weighted by Gasteiger charge is -2.08. The Morgan fingerprint density at radius 1 is 1.17 bits per heavy atom. The van der Waals surface area contributed by atoms with Crippen LogP contribution in [0.1, 0.15) is 17.3 Å². The van der Waals surface area contributed by atoms with Crippen LogP contribution in [0.4, 0.5) is 5.95 Å². The molecule has 3 aromatic rings. The molecule has 24 heavy (non-hydrogen) atoms. The molecule has 0 unspecified atom stereocenters. The molecule has 0 spiro atoms. The van der Waals surface area contributed by atoms with Gasteiger partial charge in [-0.3, -0.25) is 10.1 Å². The summed E-state index contributed by atoms with van der Waals surface area (Å²) in [5.74, 6) is -0.349. The average Bonchev–Trinajstić information content (AvgIpc) is 2.53. The Morgan fingerprint density at radius 2 is 2.00 bits per heavy atom. The van der Waals surface area contributed by atoms with Gasteiger partial charge in [0, 0.05) is 19.2 Å². The Labute approximate surface area is 136 Å². The number of hydrogen-bond acceptors (Lipinski definition) is 5. The average molecular weight is 323 g/mol. The molecule has 2 aromatic carbocycles. The number of carbonyl (C=O) groups excluding carboxylic acids is 1. The number of amides is 1. The molecule has 7 nitrogen and oxygen atoms in total. The van der Waals surface area contributed by atoms with Crippen molar-refractivity contribution in [2.75, 3.05) is 5.32 Å². The smallest absolute Gasteiger partial charge is 0.336 e. The Kier molecular flexibility index (Phi) is 4.07. The van der Waals surface area contributed by atoms with Gasteiger partial charge in [-0.25, -0.2) is 9.78 Å². The predicted molar refractivity (Wildman–Crippen MR) is 87.3 cm³/mol. The Bertz CT molecular complexity index is 940. The van der Waals surface area contributed by atoms with Crippen LogP contribution in [0.25, 0.3) is 10.8 Å². The fourth-order valence-corrected chi connectivity index (χ4v) is 2.25. The second-order valence-electron chi connectivity index (χ2n) is 5.00. The molecular formula is C17H13N3O4. The molecule has 120 valence electrons. The van der Waals surface area contributed by atoms with Crippen molar-refractivity contribution in [3.8, 4) is 11.6 Å². The molecule has 1 heterocycles. The zero-order valence-corrected chi connectivity index (χ0v) is 12.7. The number of ether oxygens (including phenoxy) is 1. The first-order valence-electron chi connectivity index (χ1n) is 7.07. The van der Waals surface area contributed by atoms with Crippen LogP contribution < -0.4 is 10.1 Å². The monoisotopic (exact) mass is 323 g/mol. The number of aromatic carboxylic acids is 1. The number of hydrogen-bond donors (Lipinski definition) is 2. The van der Waals surface area contributed by atoms with Gasteiger partial charge in [0.2, 0.25) is 17.7 Å². The van der Waals surface area contributed by atoms with Crippen molar-refractivity contribution in [2.24, 2.45) is 0 Å². The second-order valence-corrected chi connectivity index (χ2v) is 5.00. The summed E-state index contributed by atoms with van der Waals surface area (Å²) >= 11 is 0. The van der Waals surface area contributed by atoms with E-state index in [9.17, 15) is 14.7 Å². The van der Waals surface area contributed by atoms with Crippen LogP contribution in [0.2, 0.25) is 0 Å². The van der Waals surface area contributed by atoms with Gasteiger partial charge < -0.3 is 9.84 Å². The van der Waals surface area contributed by atoms with Crippen molar-refractivity contribution in [1.29, 1.82) is 0 Å². The van der Waals surface area contributed by atoms with Gasteiger partial charge in [0.15, 0.2) is 0 Å². The second kappa shape index (κ2) is 6.33. The van der Waals surface area contributed by atoms with Crippen molar-refractivity contribution in [3.63, 3.8) is 0 Å². The maximum atomic E-state index is 11.2. The van der Waals surface area contributed by atoms with Crippen LogP contribution in [0.3, 0.4) is 0 Å². The maximum absolute atomic E-state index is 11.2. The molecular weight excluding hydrogens is 310 g/mol. The Hall–Kier alpha value is -3.48. The summed E-state index contributed by atoms with van der Waals surface area (Å²) in [5.41, 5.74) is 0.231. The molecule has 0 aliphatic carbocycles. The summed E-state index contributed by atoms with van der Waals surface area (Å²) in [5, 5.41) is 13.0. The number of aromatic nitrogens is 2. The van der Waals surface area contributed by atoms with Gasteiger partial charge in [0.1, 0.15) is 5.75 Å². The summed E-state index contributed by atoms with van der Waals surface area (Å²) in [6, 6.07) is 11.7. The number of carboxylic acids is 1. The maximum Gasteiger partial charge on any atom is 0.336 e. The molecule has 2 N–H and O–H groups in total. The summed E-state index contributed by atoms with van der Waals surface area (Å²) in [6.45, 7) is 1.36. The molecule has 0 aliphatic heterocycles. The quantitative estimate of drug-likeness (QED) is 0.765. The van der Waals surface area contributed by atoms with Gasteiger partial charge in [-0.15, -0.1) is 0 Å². The van der Waals surface area contributed by atoms with E-state index in [0.29, 0.717) is 11.1 Å². The van der Waals surface area contributed by atoms with E-state index in [2.05, 4.69) is 15.3 Å². The van der Waals surface area contributed by atoms with E-state index in [1.54, 1.807) is 42.5 Å². The van der Waals surface area contributed by atoms with Gasteiger partial charge in [0.25, 0.3) is 0 Å². The van der Waals surface area contributed by atoms with E-state index >= 15 is 0 Å². The van der Waals surface area contributed by atoms with Crippen molar-refractivity contribution < 1.29 is 19.4 Å². The minimum Gasteiger partial charge on any atom is -0.478 e. The van der Waals surface area contributed by atoms with Crippen molar-refractivity contribution in [2.45, 2.75) is 6.92 Å². The Morgan fingerprint density at radius 3 is 2.75 bits per heavy atom. The van der Waals surface area contributed by atoms with Gasteiger partial charge in [-0.1, -0.05) is 12.1 Å². The van der Waals surface area contributed by atoms with Crippen LogP contribution in [0.5, 0.6) is 11.6 Å². The number of anilines is 1. The van der Waals surface area contributed by atoms with Crippen molar-refractivity contribution in [3.05, 3.63) is 54.2 Å². The number of rotatable bonds is 4. The van der Waals surface area contributed by atoms with Crippen molar-refractivity contribution >= 4 is 28.6 Å². The van der Waals surface area contributed by atoms with Crippen LogP contribution in [0, 0.1) is 0 Å². The van der Waals surface area contributed by atoms with Crippen LogP contribution >= 0.6 is 0 Å². The lowest BCUT2D eigenvalue weighted by atomic mass is 10.0. The fraction of sp³-hybridized carbons (Fsp3) is 0.0588. The number of benzene rings is 2. The highest BCUT2D eigenvalue weighted by Crippen LogP contribution is 2.27. The number of nitrogens with one attached hydrogen (secondary N) is 1. The third kappa shape index (κ3) is 3.30. The van der Waals surface area contributed by atoms with Gasteiger partial charge >= 0.3 is 5.97 Å². The van der Waals surface area contributed by atoms with E-state index in [1.807, 2.05) is 0 Å². The molecule has 0 saturated carbocycles. The summed E-state index contributed by atoms with van der Waals surface area (Å²) in [4.78, 5) is 30.3. The van der Waals surface area contributed by atoms with Crippen LogP contribution in [0.15, 0.2) is 48.7 Å². The van der Waals surface area contributed by atoms with Crippen molar-refractivity contribution in [1.82, 2.24) is 9.97 Å². The molecule has 0 atom stereocenters. The zero-order chi connectivity index (χ0) is 17.1. The lowest BCUT2D eigenvalue weighted by Crippen LogP contribution is -2.09. The minimum absolute atomic E-state index is 0.147. The molecule has 7 heteroatoms. The molecule has 3 rings (SSSR count). The first-order valence-corrected chi connectivity index (χ1v) is 7.07. The predicted octanol–water partition coefficient (Wildman–Crippen LogP) is 3.08. The van der Waals surface area contributed by atoms with Gasteiger partial charge in [-0.05, 0) is 35.0 Å². The largest absolute Gasteiger partial charge is 0.478 e. The molecule has 1 aromatic heterocycles. The highest BCUT2D eigenvalue weighted by Gasteiger charge is 2.09. The third-order valence-corrected chi connectivity index (χ3v) is 3.22. The van der Waals surface area contributed by atoms with Crippen LogP contribution in [-0.2, 0) is 4.79 Å². The summed E-state index contributed by atoms with van der Waals surface area (Å²) in [7, 11) is 0. The van der Waals surface area contributed by atoms with E-state index < -0.39 is 5.97 Å². The van der Waals surface area contributed by atoms with E-state index in [1.165, 1.54) is 13.1 Å². The lowest BCUT2D eigenvalue weighted by molar-refractivity contribution is -0.114. The number of nitrogens with zero attached hydrogens (tertiary/aromatic N) is 2. The summed E-state index contributed by atoms with van der Waals surface area (Å²) < 4.78 is 5.66. The topological polar surface area (TPSA) is 101 Å². The number of fused-ring (bicyclic) bond motifs is 1. The first-order chi connectivity index (χ1) is 11.5. The highest BCUT2D eigenvalue weighted by molar-refractivity contribution is 6.03. The van der Waals surface area contributed by atoms with Gasteiger partial charge in [-0.2, -0.15) is 4.98 Å². The zero-order valence-electron chi connectivity index (χ0n) is 12.7. The summed E-state index contributed by atoms with van der Waals surface area (Å²) in [6.07, 6.45) is 1.47. The van der Waals surface area contributed by atoms with E-state index in [-0.39, 0.29) is 23.3 Å². The number of carbonyl (C=O) groups is 2. The molecule has 0 aliphatic rings. The Balaban J connectivity index is 1.91. The molecule has 0 saturated heterocycles. The SMILES string of the molecule is CC(=O)Nc1nccc(Oc2ccc3c(C(=O)O)cccc3c2)n1.